The number of para-hydroxylation sites is 1. The second-order valence-corrected chi connectivity index (χ2v) is 5.06. The zero-order chi connectivity index (χ0) is 12.6. The van der Waals surface area contributed by atoms with E-state index < -0.39 is 0 Å². The van der Waals surface area contributed by atoms with Crippen molar-refractivity contribution < 1.29 is 0 Å². The predicted molar refractivity (Wildman–Crippen MR) is 76.2 cm³/mol. The minimum Gasteiger partial charge on any atom is -0.361 e. The van der Waals surface area contributed by atoms with Crippen LogP contribution in [0.15, 0.2) is 59.6 Å². The maximum absolute atomic E-state index is 4.83. The van der Waals surface area contributed by atoms with Crippen LogP contribution < -0.4 is 5.32 Å². The highest BCUT2D eigenvalue weighted by Crippen LogP contribution is 2.29. The molecule has 0 radical (unpaired) electrons. The highest BCUT2D eigenvalue weighted by atomic mass is 15.1. The summed E-state index contributed by atoms with van der Waals surface area (Å²) >= 11 is 0. The number of benzene rings is 2. The zero-order valence-electron chi connectivity index (χ0n) is 10.6. The van der Waals surface area contributed by atoms with Gasteiger partial charge in [0, 0.05) is 16.8 Å². The van der Waals surface area contributed by atoms with Gasteiger partial charge in [-0.1, -0.05) is 48.5 Å². The second-order valence-electron chi connectivity index (χ2n) is 5.06. The molecule has 18 heavy (non-hydrogen) atoms. The first kappa shape index (κ1) is 11.0. The molecule has 0 aromatic heterocycles. The van der Waals surface area contributed by atoms with Crippen LogP contribution in [0.5, 0.6) is 0 Å². The summed E-state index contributed by atoms with van der Waals surface area (Å²) in [4.78, 5) is 4.83. The quantitative estimate of drug-likeness (QED) is 0.802. The molecule has 0 bridgehead atoms. The van der Waals surface area contributed by atoms with E-state index in [0.717, 1.165) is 11.4 Å². The molecule has 2 nitrogen and oxygen atoms in total. The van der Waals surface area contributed by atoms with Crippen molar-refractivity contribution in [3.63, 3.8) is 0 Å². The van der Waals surface area contributed by atoms with Crippen LogP contribution in [0.3, 0.4) is 0 Å². The molecule has 3 rings (SSSR count). The van der Waals surface area contributed by atoms with Gasteiger partial charge in [0.15, 0.2) is 0 Å². The van der Waals surface area contributed by atoms with Gasteiger partial charge in [0.05, 0.1) is 5.71 Å². The lowest BCUT2D eigenvalue weighted by molar-refractivity contribution is 0.597. The van der Waals surface area contributed by atoms with E-state index in [4.69, 9.17) is 4.99 Å². The second kappa shape index (κ2) is 3.98. The molecule has 0 unspecified atom stereocenters. The average molecular weight is 236 g/mol. The Labute approximate surface area is 107 Å². The normalized spacial score (nSPS) is 16.4. The summed E-state index contributed by atoms with van der Waals surface area (Å²) in [7, 11) is 0. The number of nitrogens with zero attached hydrogens (tertiary/aromatic N) is 1. The molecule has 0 atom stereocenters. The molecule has 1 heterocycles. The monoisotopic (exact) mass is 236 g/mol. The Morgan fingerprint density at radius 3 is 2.33 bits per heavy atom. The summed E-state index contributed by atoms with van der Waals surface area (Å²) in [5.41, 5.74) is 4.29. The predicted octanol–water partition coefficient (Wildman–Crippen LogP) is 3.69. The first-order valence-electron chi connectivity index (χ1n) is 6.19. The van der Waals surface area contributed by atoms with E-state index in [0.29, 0.717) is 0 Å². The van der Waals surface area contributed by atoms with E-state index in [-0.39, 0.29) is 5.66 Å². The van der Waals surface area contributed by atoms with Gasteiger partial charge in [0.2, 0.25) is 0 Å². The van der Waals surface area contributed by atoms with Gasteiger partial charge in [-0.15, -0.1) is 0 Å². The average Bonchev–Trinajstić information content (AvgIpc) is 2.38. The molecule has 0 saturated heterocycles. The van der Waals surface area contributed by atoms with Crippen LogP contribution in [0.25, 0.3) is 0 Å². The summed E-state index contributed by atoms with van der Waals surface area (Å²) in [6.45, 7) is 4.18. The van der Waals surface area contributed by atoms with Gasteiger partial charge in [-0.05, 0) is 19.9 Å². The Morgan fingerprint density at radius 1 is 0.889 bits per heavy atom. The van der Waals surface area contributed by atoms with E-state index >= 15 is 0 Å². The standard InChI is InChI=1S/C16H16N2/c1-16(2)17-14-11-7-6-10-13(14)15(18-16)12-8-4-3-5-9-12/h3-11,17H,1-2H3. The van der Waals surface area contributed by atoms with Crippen molar-refractivity contribution in [2.24, 2.45) is 4.99 Å². The Morgan fingerprint density at radius 2 is 1.56 bits per heavy atom. The van der Waals surface area contributed by atoms with E-state index in [9.17, 15) is 0 Å². The number of hydrogen-bond donors (Lipinski definition) is 1. The summed E-state index contributed by atoms with van der Waals surface area (Å²) in [5.74, 6) is 0. The van der Waals surface area contributed by atoms with Gasteiger partial charge in [-0.25, -0.2) is 0 Å². The number of anilines is 1. The summed E-state index contributed by atoms with van der Waals surface area (Å²) in [6.07, 6.45) is 0. The summed E-state index contributed by atoms with van der Waals surface area (Å²) in [5, 5.41) is 3.45. The van der Waals surface area contributed by atoms with Crippen LogP contribution in [0, 0.1) is 0 Å². The van der Waals surface area contributed by atoms with Crippen molar-refractivity contribution in [3.8, 4) is 0 Å². The van der Waals surface area contributed by atoms with Crippen molar-refractivity contribution in [1.29, 1.82) is 0 Å². The Hall–Kier alpha value is -2.09. The minimum absolute atomic E-state index is 0.264. The number of hydrogen-bond acceptors (Lipinski definition) is 2. The fourth-order valence-corrected chi connectivity index (χ4v) is 2.31. The van der Waals surface area contributed by atoms with Gasteiger partial charge in [0.25, 0.3) is 0 Å². The number of fused-ring (bicyclic) bond motifs is 1. The van der Waals surface area contributed by atoms with E-state index in [1.54, 1.807) is 0 Å². The Kier molecular flexibility index (Phi) is 2.44. The number of nitrogens with one attached hydrogen (secondary N) is 1. The molecule has 1 aliphatic rings. The SMILES string of the molecule is CC1(C)N=C(c2ccccc2)c2ccccc2N1. The fraction of sp³-hybridized carbons (Fsp3) is 0.188. The molecule has 0 saturated carbocycles. The lowest BCUT2D eigenvalue weighted by Crippen LogP contribution is -2.34. The van der Waals surface area contributed by atoms with Crippen LogP contribution in [-0.2, 0) is 0 Å². The summed E-state index contributed by atoms with van der Waals surface area (Å²) in [6, 6.07) is 18.7. The van der Waals surface area contributed by atoms with Gasteiger partial charge in [0.1, 0.15) is 5.66 Å². The van der Waals surface area contributed by atoms with Gasteiger partial charge in [-0.3, -0.25) is 4.99 Å². The molecule has 0 fully saturated rings. The van der Waals surface area contributed by atoms with Crippen LogP contribution in [0.1, 0.15) is 25.0 Å². The lowest BCUT2D eigenvalue weighted by atomic mass is 9.97. The Balaban J connectivity index is 2.20. The molecular weight excluding hydrogens is 220 g/mol. The maximum atomic E-state index is 4.83. The van der Waals surface area contributed by atoms with Crippen molar-refractivity contribution in [2.75, 3.05) is 5.32 Å². The van der Waals surface area contributed by atoms with Crippen LogP contribution in [-0.4, -0.2) is 11.4 Å². The lowest BCUT2D eigenvalue weighted by Gasteiger charge is -2.31. The Bertz CT molecular complexity index is 598. The van der Waals surface area contributed by atoms with Crippen molar-refractivity contribution in [1.82, 2.24) is 0 Å². The third-order valence-corrected chi connectivity index (χ3v) is 3.06. The van der Waals surface area contributed by atoms with E-state index in [1.165, 1.54) is 11.1 Å². The third kappa shape index (κ3) is 1.90. The largest absolute Gasteiger partial charge is 0.361 e. The third-order valence-electron chi connectivity index (χ3n) is 3.06. The smallest absolute Gasteiger partial charge is 0.124 e. The highest BCUT2D eigenvalue weighted by Gasteiger charge is 2.25. The molecule has 0 aliphatic carbocycles. The number of rotatable bonds is 1. The van der Waals surface area contributed by atoms with E-state index in [2.05, 4.69) is 67.7 Å². The molecule has 0 amide bonds. The van der Waals surface area contributed by atoms with Crippen molar-refractivity contribution in [3.05, 3.63) is 65.7 Å². The van der Waals surface area contributed by atoms with Crippen LogP contribution in [0.4, 0.5) is 5.69 Å². The zero-order valence-corrected chi connectivity index (χ0v) is 10.6. The van der Waals surface area contributed by atoms with Gasteiger partial charge in [-0.2, -0.15) is 0 Å². The maximum Gasteiger partial charge on any atom is 0.124 e. The highest BCUT2D eigenvalue weighted by molar-refractivity contribution is 6.17. The van der Waals surface area contributed by atoms with Crippen LogP contribution >= 0.6 is 0 Å². The molecular formula is C16H16N2. The van der Waals surface area contributed by atoms with Crippen LogP contribution in [0.2, 0.25) is 0 Å². The topological polar surface area (TPSA) is 24.4 Å². The number of aliphatic imine (C=N–C) groups is 1. The molecule has 2 aromatic carbocycles. The molecule has 2 heteroatoms. The summed E-state index contributed by atoms with van der Waals surface area (Å²) < 4.78 is 0. The first-order valence-corrected chi connectivity index (χ1v) is 6.19. The minimum atomic E-state index is -0.264. The molecule has 2 aromatic rings. The van der Waals surface area contributed by atoms with Crippen molar-refractivity contribution in [2.45, 2.75) is 19.5 Å². The van der Waals surface area contributed by atoms with E-state index in [1.807, 2.05) is 6.07 Å². The van der Waals surface area contributed by atoms with Crippen molar-refractivity contribution >= 4 is 11.4 Å². The first-order chi connectivity index (χ1) is 8.66. The molecule has 1 N–H and O–H groups in total. The van der Waals surface area contributed by atoms with Gasteiger partial charge >= 0.3 is 0 Å². The fourth-order valence-electron chi connectivity index (χ4n) is 2.31. The molecule has 90 valence electrons. The van der Waals surface area contributed by atoms with Gasteiger partial charge < -0.3 is 5.32 Å². The molecule has 1 aliphatic heterocycles. The molecule has 0 spiro atoms.